The molecule has 6 heteroatoms. The van der Waals surface area contributed by atoms with Gasteiger partial charge in [-0.1, -0.05) is 15.9 Å². The third kappa shape index (κ3) is 5.64. The number of rotatable bonds is 4. The van der Waals surface area contributed by atoms with Crippen molar-refractivity contribution in [2.24, 2.45) is 4.99 Å². The van der Waals surface area contributed by atoms with Crippen molar-refractivity contribution in [2.45, 2.75) is 32.4 Å². The number of benzene rings is 1. The highest BCUT2D eigenvalue weighted by atomic mass is 127. The van der Waals surface area contributed by atoms with E-state index in [2.05, 4.69) is 31.6 Å². The van der Waals surface area contributed by atoms with Crippen molar-refractivity contribution in [2.75, 3.05) is 6.54 Å². The molecule has 0 heterocycles. The van der Waals surface area contributed by atoms with Gasteiger partial charge in [0.1, 0.15) is 5.82 Å². The van der Waals surface area contributed by atoms with E-state index in [-0.39, 0.29) is 29.8 Å². The third-order valence-electron chi connectivity index (χ3n) is 2.68. The Labute approximate surface area is 138 Å². The van der Waals surface area contributed by atoms with Crippen LogP contribution in [0.3, 0.4) is 0 Å². The highest BCUT2D eigenvalue weighted by molar-refractivity contribution is 14.0. The van der Waals surface area contributed by atoms with Gasteiger partial charge < -0.3 is 10.6 Å². The van der Waals surface area contributed by atoms with Crippen molar-refractivity contribution < 1.29 is 4.39 Å². The third-order valence-corrected chi connectivity index (χ3v) is 3.17. The second kappa shape index (κ2) is 8.04. The van der Waals surface area contributed by atoms with Crippen LogP contribution in [-0.2, 0) is 6.54 Å². The van der Waals surface area contributed by atoms with E-state index in [1.54, 1.807) is 12.1 Å². The first kappa shape index (κ1) is 16.7. The Hall–Kier alpha value is -0.370. The maximum atomic E-state index is 13.5. The van der Waals surface area contributed by atoms with E-state index >= 15 is 0 Å². The molecule has 1 aliphatic rings. The molecule has 19 heavy (non-hydrogen) atoms. The molecule has 2 N–H and O–H groups in total. The van der Waals surface area contributed by atoms with Crippen LogP contribution in [0.5, 0.6) is 0 Å². The highest BCUT2D eigenvalue weighted by Crippen LogP contribution is 2.19. The molecular formula is C13H18BrFIN3. The second-order valence-electron chi connectivity index (χ2n) is 4.35. The van der Waals surface area contributed by atoms with Crippen molar-refractivity contribution in [3.05, 3.63) is 34.1 Å². The van der Waals surface area contributed by atoms with Crippen LogP contribution in [0.1, 0.15) is 25.3 Å². The minimum absolute atomic E-state index is 0. The summed E-state index contributed by atoms with van der Waals surface area (Å²) < 4.78 is 14.4. The Morgan fingerprint density at radius 2 is 2.21 bits per heavy atom. The van der Waals surface area contributed by atoms with Gasteiger partial charge in [-0.05, 0) is 38.0 Å². The summed E-state index contributed by atoms with van der Waals surface area (Å²) in [6.45, 7) is 3.16. The average molecular weight is 442 g/mol. The van der Waals surface area contributed by atoms with Crippen molar-refractivity contribution in [1.82, 2.24) is 10.6 Å². The zero-order valence-electron chi connectivity index (χ0n) is 10.7. The zero-order valence-corrected chi connectivity index (χ0v) is 14.7. The van der Waals surface area contributed by atoms with Crippen LogP contribution in [0.15, 0.2) is 27.7 Å². The molecule has 1 aromatic rings. The lowest BCUT2D eigenvalue weighted by Gasteiger charge is -2.10. The minimum Gasteiger partial charge on any atom is -0.357 e. The van der Waals surface area contributed by atoms with Gasteiger partial charge in [-0.3, -0.25) is 0 Å². The molecule has 0 radical (unpaired) electrons. The topological polar surface area (TPSA) is 36.4 Å². The molecule has 0 aromatic heterocycles. The van der Waals surface area contributed by atoms with Gasteiger partial charge >= 0.3 is 0 Å². The molecular weight excluding hydrogens is 424 g/mol. The predicted molar refractivity (Wildman–Crippen MR) is 90.5 cm³/mol. The Kier molecular flexibility index (Phi) is 7.06. The molecule has 1 fully saturated rings. The number of guanidine groups is 1. The van der Waals surface area contributed by atoms with Gasteiger partial charge in [-0.15, -0.1) is 24.0 Å². The van der Waals surface area contributed by atoms with Gasteiger partial charge in [0.15, 0.2) is 5.96 Å². The van der Waals surface area contributed by atoms with Crippen LogP contribution in [0.2, 0.25) is 0 Å². The Bertz CT molecular complexity index is 450. The maximum Gasteiger partial charge on any atom is 0.191 e. The van der Waals surface area contributed by atoms with Crippen molar-refractivity contribution in [3.63, 3.8) is 0 Å². The summed E-state index contributed by atoms with van der Waals surface area (Å²) in [6, 6.07) is 5.45. The second-order valence-corrected chi connectivity index (χ2v) is 5.27. The molecule has 2 rings (SSSR count). The molecule has 0 bridgehead atoms. The van der Waals surface area contributed by atoms with Crippen molar-refractivity contribution in [1.29, 1.82) is 0 Å². The largest absolute Gasteiger partial charge is 0.357 e. The number of aliphatic imine (C=N–C) groups is 1. The molecule has 0 amide bonds. The predicted octanol–water partition coefficient (Wildman–Crippen LogP) is 3.42. The first-order chi connectivity index (χ1) is 8.69. The Morgan fingerprint density at radius 3 is 2.84 bits per heavy atom. The molecule has 0 atom stereocenters. The lowest BCUT2D eigenvalue weighted by atomic mass is 10.2. The molecule has 1 aromatic carbocycles. The molecule has 1 aliphatic carbocycles. The molecule has 0 spiro atoms. The van der Waals surface area contributed by atoms with E-state index in [9.17, 15) is 4.39 Å². The smallest absolute Gasteiger partial charge is 0.191 e. The fourth-order valence-corrected chi connectivity index (χ4v) is 1.98. The lowest BCUT2D eigenvalue weighted by molar-refractivity contribution is 0.610. The van der Waals surface area contributed by atoms with Crippen LogP contribution in [-0.4, -0.2) is 18.5 Å². The molecule has 0 saturated heterocycles. The first-order valence-corrected chi connectivity index (χ1v) is 6.97. The highest BCUT2D eigenvalue weighted by Gasteiger charge is 2.22. The summed E-state index contributed by atoms with van der Waals surface area (Å²) >= 11 is 3.34. The Balaban J connectivity index is 0.00000180. The van der Waals surface area contributed by atoms with E-state index in [0.29, 0.717) is 18.2 Å². The number of hydrogen-bond acceptors (Lipinski definition) is 1. The number of hydrogen-bond donors (Lipinski definition) is 2. The van der Waals surface area contributed by atoms with E-state index < -0.39 is 0 Å². The van der Waals surface area contributed by atoms with Gasteiger partial charge in [0, 0.05) is 22.6 Å². The number of halogens is 3. The summed E-state index contributed by atoms with van der Waals surface area (Å²) in [6.07, 6.45) is 2.38. The fraction of sp³-hybridized carbons (Fsp3) is 0.462. The van der Waals surface area contributed by atoms with Gasteiger partial charge in [0.25, 0.3) is 0 Å². The molecule has 3 nitrogen and oxygen atoms in total. The average Bonchev–Trinajstić information content (AvgIpc) is 3.14. The van der Waals surface area contributed by atoms with Crippen LogP contribution in [0, 0.1) is 5.82 Å². The monoisotopic (exact) mass is 441 g/mol. The summed E-state index contributed by atoms with van der Waals surface area (Å²) in [5.74, 6) is 0.545. The van der Waals surface area contributed by atoms with E-state index in [4.69, 9.17) is 0 Å². The maximum absolute atomic E-state index is 13.5. The van der Waals surface area contributed by atoms with Crippen molar-refractivity contribution >= 4 is 45.9 Å². The minimum atomic E-state index is -0.218. The Morgan fingerprint density at radius 1 is 1.47 bits per heavy atom. The molecule has 106 valence electrons. The summed E-state index contributed by atoms with van der Waals surface area (Å²) in [4.78, 5) is 4.40. The fourth-order valence-electron chi connectivity index (χ4n) is 1.57. The van der Waals surface area contributed by atoms with Gasteiger partial charge in [0.2, 0.25) is 0 Å². The van der Waals surface area contributed by atoms with Gasteiger partial charge in [-0.25, -0.2) is 9.38 Å². The summed E-state index contributed by atoms with van der Waals surface area (Å²) in [5, 5.41) is 6.46. The normalized spacial score (nSPS) is 14.8. The number of nitrogens with zero attached hydrogens (tertiary/aromatic N) is 1. The van der Waals surface area contributed by atoms with Crippen LogP contribution in [0.4, 0.5) is 4.39 Å². The van der Waals surface area contributed by atoms with Gasteiger partial charge in [0.05, 0.1) is 6.54 Å². The van der Waals surface area contributed by atoms with Gasteiger partial charge in [-0.2, -0.15) is 0 Å². The van der Waals surface area contributed by atoms with Crippen LogP contribution < -0.4 is 10.6 Å². The molecule has 0 aliphatic heterocycles. The summed E-state index contributed by atoms with van der Waals surface area (Å²) in [5.41, 5.74) is 0.595. The van der Waals surface area contributed by atoms with Crippen LogP contribution >= 0.6 is 39.9 Å². The van der Waals surface area contributed by atoms with Crippen molar-refractivity contribution in [3.8, 4) is 0 Å². The quantitative estimate of drug-likeness (QED) is 0.426. The standard InChI is InChI=1S/C13H17BrFN3.HI/c1-2-16-13(18-11-4-5-11)17-8-9-7-10(14)3-6-12(9)15;/h3,6-7,11H,2,4-5,8H2,1H3,(H2,16,17,18);1H. The van der Waals surface area contributed by atoms with E-state index in [0.717, 1.165) is 17.0 Å². The first-order valence-electron chi connectivity index (χ1n) is 6.18. The van der Waals surface area contributed by atoms with E-state index in [1.165, 1.54) is 18.9 Å². The number of nitrogens with one attached hydrogen (secondary N) is 2. The SMILES string of the molecule is CCNC(=NCc1cc(Br)ccc1F)NC1CC1.I. The summed E-state index contributed by atoms with van der Waals surface area (Å²) in [7, 11) is 0. The van der Waals surface area contributed by atoms with Crippen LogP contribution in [0.25, 0.3) is 0 Å². The van der Waals surface area contributed by atoms with E-state index in [1.807, 2.05) is 6.92 Å². The molecule has 1 saturated carbocycles. The zero-order chi connectivity index (χ0) is 13.0. The molecule has 0 unspecified atom stereocenters. The lowest BCUT2D eigenvalue weighted by Crippen LogP contribution is -2.38.